The predicted molar refractivity (Wildman–Crippen MR) is 116 cm³/mol. The lowest BCUT2D eigenvalue weighted by Gasteiger charge is -2.16. The van der Waals surface area contributed by atoms with E-state index < -0.39 is 0 Å². The monoisotopic (exact) mass is 412 g/mol. The normalized spacial score (nSPS) is 16.5. The van der Waals surface area contributed by atoms with Crippen LogP contribution in [0, 0.1) is 0 Å². The fourth-order valence-corrected chi connectivity index (χ4v) is 3.94. The van der Waals surface area contributed by atoms with Crippen LogP contribution in [0.2, 0.25) is 0 Å². The molecule has 1 aliphatic heterocycles. The molecule has 0 radical (unpaired) electrons. The zero-order chi connectivity index (χ0) is 20.1. The summed E-state index contributed by atoms with van der Waals surface area (Å²) in [5, 5.41) is 12.4. The maximum atomic E-state index is 12.5. The van der Waals surface area contributed by atoms with E-state index in [0.29, 0.717) is 21.2 Å². The highest BCUT2D eigenvalue weighted by Gasteiger charge is 2.28. The average Bonchev–Trinajstić information content (AvgIpc) is 2.95. The minimum atomic E-state index is -0.360. The summed E-state index contributed by atoms with van der Waals surface area (Å²) in [6, 6.07) is 16.3. The largest absolute Gasteiger partial charge is 0.394 e. The number of nitrogens with one attached hydrogen (secondary N) is 1. The van der Waals surface area contributed by atoms with Gasteiger partial charge in [-0.2, -0.15) is 0 Å². The summed E-state index contributed by atoms with van der Waals surface area (Å²) in [4.78, 5) is 26.5. The van der Waals surface area contributed by atoms with Crippen LogP contribution in [0.5, 0.6) is 0 Å². The number of carbonyl (C=O) groups is 2. The lowest BCUT2D eigenvalue weighted by molar-refractivity contribution is -0.121. The molecule has 5 nitrogen and oxygen atoms in total. The van der Waals surface area contributed by atoms with Crippen LogP contribution in [-0.2, 0) is 11.2 Å². The third-order valence-electron chi connectivity index (χ3n) is 4.34. The molecule has 2 aromatic rings. The van der Waals surface area contributed by atoms with E-state index >= 15 is 0 Å². The summed E-state index contributed by atoms with van der Waals surface area (Å²) in [5.74, 6) is -0.370. The summed E-state index contributed by atoms with van der Waals surface area (Å²) in [6.45, 7) is -0.141. The molecule has 1 fully saturated rings. The fourth-order valence-electron chi connectivity index (χ4n) is 2.76. The van der Waals surface area contributed by atoms with E-state index in [1.54, 1.807) is 37.4 Å². The first-order chi connectivity index (χ1) is 13.5. The molecule has 2 N–H and O–H groups in total. The van der Waals surface area contributed by atoms with Crippen LogP contribution in [0.25, 0.3) is 6.08 Å². The van der Waals surface area contributed by atoms with Crippen molar-refractivity contribution < 1.29 is 14.7 Å². The molecule has 1 heterocycles. The van der Waals surface area contributed by atoms with Crippen LogP contribution < -0.4 is 5.32 Å². The van der Waals surface area contributed by atoms with Gasteiger partial charge in [-0.1, -0.05) is 66.4 Å². The summed E-state index contributed by atoms with van der Waals surface area (Å²) >= 11 is 6.38. The van der Waals surface area contributed by atoms with Gasteiger partial charge in [0, 0.05) is 12.6 Å². The number of carbonyl (C=O) groups excluding carboxylic acids is 2. The maximum absolute atomic E-state index is 12.5. The molecule has 1 aliphatic rings. The summed E-state index contributed by atoms with van der Waals surface area (Å²) in [7, 11) is 1.65. The Morgan fingerprint density at radius 2 is 1.89 bits per heavy atom. The minimum Gasteiger partial charge on any atom is -0.394 e. The number of thiocarbonyl (C=S) groups is 1. The number of thioether (sulfide) groups is 1. The first-order valence-electron chi connectivity index (χ1n) is 8.75. The topological polar surface area (TPSA) is 69.6 Å². The zero-order valence-corrected chi connectivity index (χ0v) is 16.9. The van der Waals surface area contributed by atoms with Gasteiger partial charge in [0.1, 0.15) is 4.32 Å². The van der Waals surface area contributed by atoms with Crippen molar-refractivity contribution >= 4 is 46.2 Å². The Morgan fingerprint density at radius 3 is 2.46 bits per heavy atom. The molecule has 0 spiro atoms. The molecule has 3 rings (SSSR count). The predicted octanol–water partition coefficient (Wildman–Crippen LogP) is 2.85. The van der Waals surface area contributed by atoms with Crippen molar-refractivity contribution in [3.05, 3.63) is 76.2 Å². The standard InChI is InChI=1S/C21H20N2O3S2/c1-23-20(26)18(28-21(23)27)12-15-7-9-16(10-8-15)19(25)22-17(13-24)11-14-5-3-2-4-6-14/h2-10,12,17,24H,11,13H2,1H3,(H,22,25)/b18-12-/t17-/m0/s1. The zero-order valence-electron chi connectivity index (χ0n) is 15.3. The molecule has 2 amide bonds. The van der Waals surface area contributed by atoms with Crippen molar-refractivity contribution in [3.8, 4) is 0 Å². The second-order valence-corrected chi connectivity index (χ2v) is 8.08. The van der Waals surface area contributed by atoms with E-state index in [9.17, 15) is 14.7 Å². The van der Waals surface area contributed by atoms with E-state index in [4.69, 9.17) is 12.2 Å². The van der Waals surface area contributed by atoms with Crippen molar-refractivity contribution in [1.29, 1.82) is 0 Å². The van der Waals surface area contributed by atoms with Crippen LogP contribution in [0.15, 0.2) is 59.5 Å². The molecule has 0 bridgehead atoms. The van der Waals surface area contributed by atoms with Gasteiger partial charge < -0.3 is 10.4 Å². The Hall–Kier alpha value is -2.48. The van der Waals surface area contributed by atoms with Gasteiger partial charge in [-0.25, -0.2) is 0 Å². The smallest absolute Gasteiger partial charge is 0.265 e. The van der Waals surface area contributed by atoms with Gasteiger partial charge in [0.25, 0.3) is 11.8 Å². The number of rotatable bonds is 6. The summed E-state index contributed by atoms with van der Waals surface area (Å²) < 4.78 is 0.528. The molecule has 2 aromatic carbocycles. The van der Waals surface area contributed by atoms with Gasteiger partial charge in [0.15, 0.2) is 0 Å². The quantitative estimate of drug-likeness (QED) is 0.564. The van der Waals surface area contributed by atoms with Gasteiger partial charge in [0.2, 0.25) is 0 Å². The Labute approximate surface area is 173 Å². The molecule has 144 valence electrons. The number of hydrogen-bond acceptors (Lipinski definition) is 5. The Balaban J connectivity index is 1.65. The van der Waals surface area contributed by atoms with Gasteiger partial charge in [0.05, 0.1) is 17.6 Å². The van der Waals surface area contributed by atoms with E-state index in [1.165, 1.54) is 16.7 Å². The number of likely N-dealkylation sites (N-methyl/N-ethyl adjacent to an activating group) is 1. The number of amides is 2. The molecular formula is C21H20N2O3S2. The van der Waals surface area contributed by atoms with Crippen molar-refractivity contribution in [2.24, 2.45) is 0 Å². The van der Waals surface area contributed by atoms with Gasteiger partial charge in [-0.05, 0) is 35.8 Å². The summed E-state index contributed by atoms with van der Waals surface area (Å²) in [5.41, 5.74) is 2.35. The SMILES string of the molecule is CN1C(=O)/C(=C/c2ccc(C(=O)N[C@H](CO)Cc3ccccc3)cc2)SC1=S. The molecule has 0 unspecified atom stereocenters. The summed E-state index contributed by atoms with van der Waals surface area (Å²) in [6.07, 6.45) is 2.32. The first-order valence-corrected chi connectivity index (χ1v) is 9.97. The Kier molecular flexibility index (Phi) is 6.61. The van der Waals surface area contributed by atoms with E-state index in [2.05, 4.69) is 5.32 Å². The number of nitrogens with zero attached hydrogens (tertiary/aromatic N) is 1. The highest BCUT2D eigenvalue weighted by molar-refractivity contribution is 8.26. The van der Waals surface area contributed by atoms with E-state index in [1.807, 2.05) is 30.3 Å². The second-order valence-electron chi connectivity index (χ2n) is 6.41. The van der Waals surface area contributed by atoms with Crippen molar-refractivity contribution in [1.82, 2.24) is 10.2 Å². The number of aliphatic hydroxyl groups is 1. The number of hydrogen-bond donors (Lipinski definition) is 2. The number of benzene rings is 2. The third-order valence-corrected chi connectivity index (χ3v) is 5.82. The lowest BCUT2D eigenvalue weighted by atomic mass is 10.1. The van der Waals surface area contributed by atoms with Crippen LogP contribution in [0.3, 0.4) is 0 Å². The van der Waals surface area contributed by atoms with E-state index in [0.717, 1.165) is 11.1 Å². The lowest BCUT2D eigenvalue weighted by Crippen LogP contribution is -2.39. The molecule has 0 saturated carbocycles. The van der Waals surface area contributed by atoms with Gasteiger partial charge in [-0.3, -0.25) is 14.5 Å². The van der Waals surface area contributed by atoms with Crippen LogP contribution in [-0.4, -0.2) is 45.8 Å². The second kappa shape index (κ2) is 9.14. The molecule has 1 atom stereocenters. The van der Waals surface area contributed by atoms with Crippen molar-refractivity contribution in [2.45, 2.75) is 12.5 Å². The van der Waals surface area contributed by atoms with Crippen molar-refractivity contribution in [3.63, 3.8) is 0 Å². The minimum absolute atomic E-state index is 0.122. The highest BCUT2D eigenvalue weighted by Crippen LogP contribution is 2.31. The average molecular weight is 413 g/mol. The molecule has 28 heavy (non-hydrogen) atoms. The maximum Gasteiger partial charge on any atom is 0.265 e. The fraction of sp³-hybridized carbons (Fsp3) is 0.190. The van der Waals surface area contributed by atoms with Crippen LogP contribution in [0.4, 0.5) is 0 Å². The van der Waals surface area contributed by atoms with E-state index in [-0.39, 0.29) is 24.5 Å². The van der Waals surface area contributed by atoms with Gasteiger partial charge >= 0.3 is 0 Å². The van der Waals surface area contributed by atoms with Crippen LogP contribution in [0.1, 0.15) is 21.5 Å². The molecule has 1 saturated heterocycles. The highest BCUT2D eigenvalue weighted by atomic mass is 32.2. The number of aliphatic hydroxyl groups excluding tert-OH is 1. The molecule has 7 heteroatoms. The molecule has 0 aliphatic carbocycles. The van der Waals surface area contributed by atoms with Gasteiger partial charge in [-0.15, -0.1) is 0 Å². The third kappa shape index (κ3) is 4.86. The Morgan fingerprint density at radius 1 is 1.21 bits per heavy atom. The molecular weight excluding hydrogens is 392 g/mol. The van der Waals surface area contributed by atoms with Crippen LogP contribution >= 0.6 is 24.0 Å². The first kappa shape index (κ1) is 20.3. The van der Waals surface area contributed by atoms with Crippen molar-refractivity contribution in [2.75, 3.05) is 13.7 Å². The Bertz CT molecular complexity index is 911. The molecule has 0 aromatic heterocycles.